The van der Waals surface area contributed by atoms with Crippen molar-refractivity contribution in [2.75, 3.05) is 13.1 Å². The zero-order valence-electron chi connectivity index (χ0n) is 7.32. The first-order valence-electron chi connectivity index (χ1n) is 3.86. The number of hydrogen-bond acceptors (Lipinski definition) is 4. The van der Waals surface area contributed by atoms with Crippen molar-refractivity contribution in [2.24, 2.45) is 5.73 Å². The average Bonchev–Trinajstić information content (AvgIpc) is 2.03. The lowest BCUT2D eigenvalue weighted by Gasteiger charge is -2.05. The molecule has 0 radical (unpaired) electrons. The summed E-state index contributed by atoms with van der Waals surface area (Å²) in [5.41, 5.74) is 5.26. The lowest BCUT2D eigenvalue weighted by Crippen LogP contribution is -2.31. The molecule has 0 fully saturated rings. The summed E-state index contributed by atoms with van der Waals surface area (Å²) in [5, 5.41) is 18.0. The number of halogens is 1. The van der Waals surface area contributed by atoms with Crippen molar-refractivity contribution in [3.05, 3.63) is 0 Å². The fourth-order valence-electron chi connectivity index (χ4n) is 0.745. The Kier molecular flexibility index (Phi) is 10.8. The van der Waals surface area contributed by atoms with Gasteiger partial charge in [0.25, 0.3) is 0 Å². The predicted octanol–water partition coefficient (Wildman–Crippen LogP) is -0.161. The highest BCUT2D eigenvalue weighted by atomic mass is 35.5. The Hall–Kier alpha value is -0.650. The van der Waals surface area contributed by atoms with Crippen LogP contribution in [-0.2, 0) is 4.79 Å². The minimum atomic E-state index is -0.956. The third-order valence-corrected chi connectivity index (χ3v) is 1.43. The Balaban J connectivity index is 0. The van der Waals surface area contributed by atoms with E-state index in [-0.39, 0.29) is 12.4 Å². The molecule has 6 heteroatoms. The molecule has 0 amide bonds. The van der Waals surface area contributed by atoms with E-state index in [1.54, 1.807) is 0 Å². The zero-order chi connectivity index (χ0) is 9.40. The number of hydrogen-bond donors (Lipinski definition) is 4. The Labute approximate surface area is 83.6 Å². The van der Waals surface area contributed by atoms with Crippen LogP contribution in [0.15, 0.2) is 0 Å². The molecule has 0 aliphatic carbocycles. The summed E-state index contributed by atoms with van der Waals surface area (Å²) in [6, 6.07) is -0.758. The largest absolute Gasteiger partial charge is 0.480 e. The van der Waals surface area contributed by atoms with Gasteiger partial charge in [0.1, 0.15) is 6.04 Å². The molecule has 0 aromatic rings. The standard InChI is InChI=1S/C7H15N3O2.ClH/c8-3-5-10-4-1-2-6(9)7(11)12;/h3,6,8,10H,1-2,4-5,9H2,(H,11,12);1H/t6-;/m0./s1. The van der Waals surface area contributed by atoms with Gasteiger partial charge in [0.05, 0.1) is 0 Å². The van der Waals surface area contributed by atoms with Crippen molar-refractivity contribution in [3.63, 3.8) is 0 Å². The topological polar surface area (TPSA) is 99.2 Å². The number of carboxylic acid groups (broad SMARTS) is 1. The molecular formula is C7H16ClN3O2. The fourth-order valence-corrected chi connectivity index (χ4v) is 0.745. The third kappa shape index (κ3) is 9.26. The molecule has 5 nitrogen and oxygen atoms in total. The summed E-state index contributed by atoms with van der Waals surface area (Å²) in [4.78, 5) is 10.2. The summed E-state index contributed by atoms with van der Waals surface area (Å²) in [6.07, 6.45) is 2.46. The molecule has 0 aromatic carbocycles. The van der Waals surface area contributed by atoms with Crippen molar-refractivity contribution in [1.29, 1.82) is 5.41 Å². The number of aliphatic carboxylic acids is 1. The van der Waals surface area contributed by atoms with Crippen molar-refractivity contribution >= 4 is 24.6 Å². The first kappa shape index (κ1) is 14.9. The normalized spacial score (nSPS) is 11.5. The number of carbonyl (C=O) groups is 1. The highest BCUT2D eigenvalue weighted by Gasteiger charge is 2.09. The molecular weight excluding hydrogens is 194 g/mol. The van der Waals surface area contributed by atoms with Crippen molar-refractivity contribution in [2.45, 2.75) is 18.9 Å². The van der Waals surface area contributed by atoms with Gasteiger partial charge in [0.2, 0.25) is 0 Å². The van der Waals surface area contributed by atoms with Crippen molar-refractivity contribution in [3.8, 4) is 0 Å². The van der Waals surface area contributed by atoms with Crippen LogP contribution in [0.4, 0.5) is 0 Å². The molecule has 0 aliphatic rings. The SMILES string of the molecule is Cl.N=CCNCCC[C@H](N)C(=O)O. The number of nitrogens with one attached hydrogen (secondary N) is 2. The fraction of sp³-hybridized carbons (Fsp3) is 0.714. The quantitative estimate of drug-likeness (QED) is 0.346. The van der Waals surface area contributed by atoms with Crippen LogP contribution < -0.4 is 11.1 Å². The molecule has 5 N–H and O–H groups in total. The molecule has 0 saturated heterocycles. The summed E-state index contributed by atoms with van der Waals surface area (Å²) >= 11 is 0. The second-order valence-electron chi connectivity index (χ2n) is 2.50. The van der Waals surface area contributed by atoms with E-state index in [2.05, 4.69) is 5.32 Å². The monoisotopic (exact) mass is 209 g/mol. The Morgan fingerprint density at radius 3 is 2.77 bits per heavy atom. The maximum Gasteiger partial charge on any atom is 0.320 e. The van der Waals surface area contributed by atoms with Crippen LogP contribution in [0, 0.1) is 5.41 Å². The van der Waals surface area contributed by atoms with Gasteiger partial charge in [-0.05, 0) is 19.4 Å². The molecule has 0 rings (SSSR count). The van der Waals surface area contributed by atoms with Gasteiger partial charge in [-0.25, -0.2) is 0 Å². The highest BCUT2D eigenvalue weighted by Crippen LogP contribution is 1.92. The summed E-state index contributed by atoms with van der Waals surface area (Å²) in [6.45, 7) is 1.23. The van der Waals surface area contributed by atoms with E-state index in [0.717, 1.165) is 6.42 Å². The molecule has 0 bridgehead atoms. The zero-order valence-corrected chi connectivity index (χ0v) is 8.14. The van der Waals surface area contributed by atoms with Gasteiger partial charge in [-0.15, -0.1) is 12.4 Å². The van der Waals surface area contributed by atoms with Crippen molar-refractivity contribution < 1.29 is 9.90 Å². The lowest BCUT2D eigenvalue weighted by atomic mass is 10.2. The van der Waals surface area contributed by atoms with Crippen molar-refractivity contribution in [1.82, 2.24) is 5.32 Å². The van der Waals surface area contributed by atoms with E-state index in [4.69, 9.17) is 16.2 Å². The van der Waals surface area contributed by atoms with Crippen LogP contribution in [0.5, 0.6) is 0 Å². The van der Waals surface area contributed by atoms with Gasteiger partial charge < -0.3 is 21.6 Å². The van der Waals surface area contributed by atoms with Crippen LogP contribution in [0.3, 0.4) is 0 Å². The van der Waals surface area contributed by atoms with Crippen LogP contribution in [-0.4, -0.2) is 36.4 Å². The molecule has 0 aliphatic heterocycles. The first-order chi connectivity index (χ1) is 5.68. The van der Waals surface area contributed by atoms with Gasteiger partial charge in [0.15, 0.2) is 0 Å². The average molecular weight is 210 g/mol. The van der Waals surface area contributed by atoms with Crippen LogP contribution in [0.2, 0.25) is 0 Å². The van der Waals surface area contributed by atoms with Crippen LogP contribution in [0.25, 0.3) is 0 Å². The van der Waals surface area contributed by atoms with Gasteiger partial charge >= 0.3 is 5.97 Å². The number of nitrogens with two attached hydrogens (primary N) is 1. The molecule has 0 unspecified atom stereocenters. The maximum atomic E-state index is 10.2. The van der Waals surface area contributed by atoms with Gasteiger partial charge in [-0.1, -0.05) is 0 Å². The molecule has 13 heavy (non-hydrogen) atoms. The predicted molar refractivity (Wildman–Crippen MR) is 53.7 cm³/mol. The Morgan fingerprint density at radius 1 is 1.69 bits per heavy atom. The summed E-state index contributed by atoms with van der Waals surface area (Å²) < 4.78 is 0. The Morgan fingerprint density at radius 2 is 2.31 bits per heavy atom. The molecule has 0 heterocycles. The lowest BCUT2D eigenvalue weighted by molar-refractivity contribution is -0.138. The van der Waals surface area contributed by atoms with Gasteiger partial charge in [-0.3, -0.25) is 4.79 Å². The van der Waals surface area contributed by atoms with Crippen LogP contribution >= 0.6 is 12.4 Å². The van der Waals surface area contributed by atoms with Gasteiger partial charge in [0, 0.05) is 12.8 Å². The molecule has 0 spiro atoms. The molecule has 0 aromatic heterocycles. The van der Waals surface area contributed by atoms with Crippen LogP contribution in [0.1, 0.15) is 12.8 Å². The van der Waals surface area contributed by atoms with Gasteiger partial charge in [-0.2, -0.15) is 0 Å². The first-order valence-corrected chi connectivity index (χ1v) is 3.86. The minimum Gasteiger partial charge on any atom is -0.480 e. The molecule has 1 atom stereocenters. The van der Waals surface area contributed by atoms with E-state index >= 15 is 0 Å². The summed E-state index contributed by atoms with van der Waals surface area (Å²) in [5.74, 6) is -0.956. The molecule has 0 saturated carbocycles. The van der Waals surface area contributed by atoms with E-state index in [0.29, 0.717) is 19.5 Å². The minimum absolute atomic E-state index is 0. The van der Waals surface area contributed by atoms with E-state index < -0.39 is 12.0 Å². The molecule has 78 valence electrons. The second kappa shape index (κ2) is 9.44. The smallest absolute Gasteiger partial charge is 0.320 e. The number of rotatable bonds is 7. The number of carboxylic acids is 1. The summed E-state index contributed by atoms with van der Waals surface area (Å²) in [7, 11) is 0. The highest BCUT2D eigenvalue weighted by molar-refractivity contribution is 5.85. The van der Waals surface area contributed by atoms with E-state index in [1.165, 1.54) is 6.21 Å². The third-order valence-electron chi connectivity index (χ3n) is 1.43. The second-order valence-corrected chi connectivity index (χ2v) is 2.50. The Bertz CT molecular complexity index is 155. The maximum absolute atomic E-state index is 10.2. The van der Waals surface area contributed by atoms with E-state index in [1.807, 2.05) is 0 Å². The van der Waals surface area contributed by atoms with E-state index in [9.17, 15) is 4.79 Å².